The first-order valence-electron chi connectivity index (χ1n) is 12.9. The molecule has 1 aromatic heterocycles. The Morgan fingerprint density at radius 3 is 2.42 bits per heavy atom. The molecule has 1 heterocycles. The highest BCUT2D eigenvalue weighted by molar-refractivity contribution is 5.82. The number of ether oxygens (including phenoxy) is 1. The van der Waals surface area contributed by atoms with Gasteiger partial charge in [-0.3, -0.25) is 4.68 Å². The van der Waals surface area contributed by atoms with Gasteiger partial charge in [0, 0.05) is 30.0 Å². The molecule has 2 N–H and O–H groups in total. The number of aliphatic hydroxyl groups is 1. The SMILES string of the molecule is O=C(O)COCC1CCC(Cn2nc(-c3ccccc3)c(-c3cccc(F)c3)c2CCCCO)CC1. The number of benzene rings is 2. The van der Waals surface area contributed by atoms with E-state index >= 15 is 0 Å². The van der Waals surface area contributed by atoms with Gasteiger partial charge in [0.2, 0.25) is 0 Å². The normalized spacial score (nSPS) is 17.8. The average Bonchev–Trinajstić information content (AvgIpc) is 3.23. The van der Waals surface area contributed by atoms with Gasteiger partial charge >= 0.3 is 5.97 Å². The number of carbonyl (C=O) groups is 1. The van der Waals surface area contributed by atoms with Crippen molar-refractivity contribution >= 4 is 5.97 Å². The lowest BCUT2D eigenvalue weighted by molar-refractivity contribution is -0.142. The topological polar surface area (TPSA) is 84.6 Å². The van der Waals surface area contributed by atoms with E-state index in [1.807, 2.05) is 36.4 Å². The van der Waals surface area contributed by atoms with Crippen molar-refractivity contribution in [3.05, 3.63) is 66.1 Å². The van der Waals surface area contributed by atoms with Gasteiger partial charge < -0.3 is 14.9 Å². The standard InChI is InChI=1S/C29H35FN2O4/c30-25-10-6-9-24(17-25)28-26(11-4-5-16-33)32(31-29(28)23-7-2-1-3-8-23)18-21-12-14-22(15-13-21)19-36-20-27(34)35/h1-3,6-10,17,21-22,33H,4-5,11-16,18-20H2,(H,34,35). The van der Waals surface area contributed by atoms with E-state index in [1.54, 1.807) is 12.1 Å². The molecule has 1 aliphatic carbocycles. The number of halogens is 1. The molecular weight excluding hydrogens is 459 g/mol. The van der Waals surface area contributed by atoms with Crippen LogP contribution in [0.15, 0.2) is 54.6 Å². The zero-order valence-corrected chi connectivity index (χ0v) is 20.6. The molecule has 7 heteroatoms. The van der Waals surface area contributed by atoms with E-state index < -0.39 is 5.97 Å². The van der Waals surface area contributed by atoms with E-state index in [0.717, 1.165) is 73.1 Å². The van der Waals surface area contributed by atoms with E-state index in [4.69, 9.17) is 14.9 Å². The number of carboxylic acids is 1. The summed E-state index contributed by atoms with van der Waals surface area (Å²) in [4.78, 5) is 10.7. The molecule has 0 saturated heterocycles. The van der Waals surface area contributed by atoms with Gasteiger partial charge in [-0.15, -0.1) is 0 Å². The number of aliphatic hydroxyl groups excluding tert-OH is 1. The molecule has 0 bridgehead atoms. The maximum atomic E-state index is 14.3. The third-order valence-corrected chi connectivity index (χ3v) is 7.02. The lowest BCUT2D eigenvalue weighted by Gasteiger charge is -2.28. The number of nitrogens with zero attached hydrogens (tertiary/aromatic N) is 2. The van der Waals surface area contributed by atoms with Crippen LogP contribution >= 0.6 is 0 Å². The Hall–Kier alpha value is -3.03. The summed E-state index contributed by atoms with van der Waals surface area (Å²) in [6.07, 6.45) is 6.37. The monoisotopic (exact) mass is 494 g/mol. The van der Waals surface area contributed by atoms with Crippen molar-refractivity contribution in [3.8, 4) is 22.4 Å². The van der Waals surface area contributed by atoms with Gasteiger partial charge in [-0.25, -0.2) is 9.18 Å². The number of aromatic nitrogens is 2. The van der Waals surface area contributed by atoms with Crippen LogP contribution in [0, 0.1) is 17.7 Å². The van der Waals surface area contributed by atoms with Crippen LogP contribution in [0.25, 0.3) is 22.4 Å². The molecule has 6 nitrogen and oxygen atoms in total. The van der Waals surface area contributed by atoms with Crippen LogP contribution in [0.1, 0.15) is 44.2 Å². The molecule has 0 spiro atoms. The van der Waals surface area contributed by atoms with E-state index in [1.165, 1.54) is 6.07 Å². The fraction of sp³-hybridized carbons (Fsp3) is 0.448. The summed E-state index contributed by atoms with van der Waals surface area (Å²) in [7, 11) is 0. The molecule has 192 valence electrons. The Morgan fingerprint density at radius 2 is 1.72 bits per heavy atom. The number of rotatable bonds is 12. The predicted octanol–water partition coefficient (Wildman–Crippen LogP) is 5.58. The highest BCUT2D eigenvalue weighted by Crippen LogP contribution is 2.37. The lowest BCUT2D eigenvalue weighted by atomic mass is 9.82. The van der Waals surface area contributed by atoms with Crippen molar-refractivity contribution in [1.29, 1.82) is 0 Å². The fourth-order valence-corrected chi connectivity index (χ4v) is 5.19. The number of carboxylic acid groups (broad SMARTS) is 1. The fourth-order valence-electron chi connectivity index (χ4n) is 5.19. The van der Waals surface area contributed by atoms with Crippen LogP contribution in [0.3, 0.4) is 0 Å². The van der Waals surface area contributed by atoms with E-state index in [2.05, 4.69) is 4.68 Å². The van der Waals surface area contributed by atoms with Crippen molar-refractivity contribution in [1.82, 2.24) is 9.78 Å². The summed E-state index contributed by atoms with van der Waals surface area (Å²) in [5.74, 6) is -0.352. The van der Waals surface area contributed by atoms with Crippen molar-refractivity contribution in [2.45, 2.75) is 51.5 Å². The zero-order valence-electron chi connectivity index (χ0n) is 20.6. The first-order valence-corrected chi connectivity index (χ1v) is 12.9. The van der Waals surface area contributed by atoms with Crippen molar-refractivity contribution < 1.29 is 24.1 Å². The van der Waals surface area contributed by atoms with Gasteiger partial charge in [0.25, 0.3) is 0 Å². The maximum absolute atomic E-state index is 14.3. The minimum atomic E-state index is -0.931. The first kappa shape index (κ1) is 26.0. The number of aliphatic carboxylic acids is 1. The third-order valence-electron chi connectivity index (χ3n) is 7.02. The molecule has 0 amide bonds. The molecule has 1 saturated carbocycles. The van der Waals surface area contributed by atoms with Crippen LogP contribution < -0.4 is 0 Å². The summed E-state index contributed by atoms with van der Waals surface area (Å²) in [6.45, 7) is 1.18. The lowest BCUT2D eigenvalue weighted by Crippen LogP contribution is -2.24. The summed E-state index contributed by atoms with van der Waals surface area (Å²) < 4.78 is 21.7. The second-order valence-corrected chi connectivity index (χ2v) is 9.71. The van der Waals surface area contributed by atoms with Gasteiger partial charge in [-0.1, -0.05) is 42.5 Å². The van der Waals surface area contributed by atoms with Crippen LogP contribution in [-0.4, -0.2) is 45.8 Å². The van der Waals surface area contributed by atoms with Crippen LogP contribution in [0.5, 0.6) is 0 Å². The summed E-state index contributed by atoms with van der Waals surface area (Å²) in [5, 5.41) is 23.3. The Morgan fingerprint density at radius 1 is 1.00 bits per heavy atom. The van der Waals surface area contributed by atoms with Gasteiger partial charge in [0.15, 0.2) is 0 Å². The van der Waals surface area contributed by atoms with Gasteiger partial charge in [-0.05, 0) is 74.5 Å². The Bertz CT molecular complexity index is 1120. The Labute approximate surface area is 211 Å². The molecule has 36 heavy (non-hydrogen) atoms. The number of unbranched alkanes of at least 4 members (excludes halogenated alkanes) is 1. The Balaban J connectivity index is 1.61. The highest BCUT2D eigenvalue weighted by Gasteiger charge is 2.26. The second-order valence-electron chi connectivity index (χ2n) is 9.71. The average molecular weight is 495 g/mol. The molecule has 3 aromatic rings. The molecule has 0 unspecified atom stereocenters. The van der Waals surface area contributed by atoms with Crippen molar-refractivity contribution in [2.75, 3.05) is 19.8 Å². The number of hydrogen-bond donors (Lipinski definition) is 2. The maximum Gasteiger partial charge on any atom is 0.329 e. The van der Waals surface area contributed by atoms with Crippen molar-refractivity contribution in [2.24, 2.45) is 11.8 Å². The summed E-state index contributed by atoms with van der Waals surface area (Å²) in [6, 6.07) is 16.7. The van der Waals surface area contributed by atoms with Crippen LogP contribution in [0.2, 0.25) is 0 Å². The van der Waals surface area contributed by atoms with Crippen LogP contribution in [0.4, 0.5) is 4.39 Å². The van der Waals surface area contributed by atoms with E-state index in [-0.39, 0.29) is 19.0 Å². The number of hydrogen-bond acceptors (Lipinski definition) is 4. The summed E-state index contributed by atoms with van der Waals surface area (Å²) >= 11 is 0. The van der Waals surface area contributed by atoms with Crippen LogP contribution in [-0.2, 0) is 22.5 Å². The third kappa shape index (κ3) is 6.80. The van der Waals surface area contributed by atoms with Gasteiger partial charge in [0.1, 0.15) is 18.1 Å². The van der Waals surface area contributed by atoms with E-state index in [9.17, 15) is 14.3 Å². The molecule has 1 fully saturated rings. The minimum absolute atomic E-state index is 0.142. The minimum Gasteiger partial charge on any atom is -0.480 e. The first-order chi connectivity index (χ1) is 17.5. The van der Waals surface area contributed by atoms with E-state index in [0.29, 0.717) is 24.9 Å². The predicted molar refractivity (Wildman–Crippen MR) is 137 cm³/mol. The smallest absolute Gasteiger partial charge is 0.329 e. The molecule has 0 radical (unpaired) electrons. The van der Waals surface area contributed by atoms with Gasteiger partial charge in [0.05, 0.1) is 6.61 Å². The largest absolute Gasteiger partial charge is 0.480 e. The molecule has 0 aliphatic heterocycles. The summed E-state index contributed by atoms with van der Waals surface area (Å²) in [5.41, 5.74) is 4.72. The van der Waals surface area contributed by atoms with Crippen molar-refractivity contribution in [3.63, 3.8) is 0 Å². The zero-order chi connectivity index (χ0) is 25.3. The quantitative estimate of drug-likeness (QED) is 0.321. The second kappa shape index (κ2) is 12.8. The molecule has 0 atom stereocenters. The molecule has 2 aromatic carbocycles. The Kier molecular flexibility index (Phi) is 9.25. The highest BCUT2D eigenvalue weighted by atomic mass is 19.1. The molecular formula is C29H35FN2O4. The molecule has 4 rings (SSSR count). The van der Waals surface area contributed by atoms with Gasteiger partial charge in [-0.2, -0.15) is 5.10 Å². The molecule has 1 aliphatic rings.